The number of nitrogens with zero attached hydrogens (tertiary/aromatic N) is 2. The van der Waals surface area contributed by atoms with Gasteiger partial charge in [0.25, 0.3) is 0 Å². The van der Waals surface area contributed by atoms with Crippen molar-refractivity contribution < 1.29 is 4.79 Å². The highest BCUT2D eigenvalue weighted by Gasteiger charge is 2.19. The molecule has 0 spiro atoms. The van der Waals surface area contributed by atoms with Crippen LogP contribution in [-0.4, -0.2) is 15.6 Å². The van der Waals surface area contributed by atoms with Gasteiger partial charge in [-0.2, -0.15) is 5.10 Å². The fraction of sp³-hybridized carbons (Fsp3) is 0.125. The normalized spacial score (nSPS) is 12.5. The minimum atomic E-state index is -0.676. The van der Waals surface area contributed by atoms with Gasteiger partial charge in [0.15, 0.2) is 5.78 Å². The van der Waals surface area contributed by atoms with Gasteiger partial charge in [-0.1, -0.05) is 36.4 Å². The summed E-state index contributed by atoms with van der Waals surface area (Å²) in [7, 11) is 1.80. The molecular weight excluding hydrogens is 250 g/mol. The van der Waals surface area contributed by atoms with Crippen molar-refractivity contribution in [2.45, 2.75) is 6.04 Å². The zero-order chi connectivity index (χ0) is 14.1. The molecule has 0 aliphatic carbocycles. The maximum Gasteiger partial charge on any atom is 0.184 e. The Hall–Kier alpha value is -2.46. The Bertz CT molecular complexity index is 776. The minimum Gasteiger partial charge on any atom is -0.317 e. The number of hydrogen-bond acceptors (Lipinski definition) is 3. The average molecular weight is 265 g/mol. The summed E-state index contributed by atoms with van der Waals surface area (Å²) in [5.41, 5.74) is 7.38. The molecule has 0 radical (unpaired) electrons. The number of carbonyl (C=O) groups excluding carboxylic acids is 1. The van der Waals surface area contributed by atoms with Crippen molar-refractivity contribution in [3.8, 4) is 0 Å². The van der Waals surface area contributed by atoms with E-state index in [1.165, 1.54) is 0 Å². The molecule has 0 aliphatic heterocycles. The van der Waals surface area contributed by atoms with Crippen LogP contribution in [0.5, 0.6) is 0 Å². The fourth-order valence-corrected chi connectivity index (χ4v) is 2.27. The van der Waals surface area contributed by atoms with Crippen molar-refractivity contribution >= 4 is 16.6 Å². The lowest BCUT2D eigenvalue weighted by Gasteiger charge is -2.09. The number of aromatic nitrogens is 2. The van der Waals surface area contributed by atoms with Gasteiger partial charge in [0.05, 0.1) is 12.2 Å². The Morgan fingerprint density at radius 1 is 1.20 bits per heavy atom. The smallest absolute Gasteiger partial charge is 0.184 e. The molecule has 1 heterocycles. The maximum absolute atomic E-state index is 12.4. The largest absolute Gasteiger partial charge is 0.317 e. The number of Topliss-reactive ketones (excluding diaryl/α,β-unsaturated/α-hetero) is 1. The molecule has 0 fully saturated rings. The second-order valence-corrected chi connectivity index (χ2v) is 4.85. The first-order valence-electron chi connectivity index (χ1n) is 6.42. The van der Waals surface area contributed by atoms with E-state index in [1.807, 2.05) is 42.5 Å². The molecule has 20 heavy (non-hydrogen) atoms. The van der Waals surface area contributed by atoms with Crippen LogP contribution in [0.1, 0.15) is 22.0 Å². The Morgan fingerprint density at radius 2 is 1.95 bits per heavy atom. The molecule has 4 heteroatoms. The number of carbonyl (C=O) groups is 1. The van der Waals surface area contributed by atoms with Gasteiger partial charge in [-0.15, -0.1) is 0 Å². The van der Waals surface area contributed by atoms with Crippen LogP contribution >= 0.6 is 0 Å². The molecule has 0 amide bonds. The molecule has 0 saturated carbocycles. The van der Waals surface area contributed by atoms with Crippen LogP contribution < -0.4 is 5.73 Å². The number of ketones is 1. The predicted octanol–water partition coefficient (Wildman–Crippen LogP) is 2.46. The molecule has 3 aromatic rings. The van der Waals surface area contributed by atoms with Crippen LogP contribution in [0, 0.1) is 0 Å². The van der Waals surface area contributed by atoms with E-state index in [2.05, 4.69) is 5.10 Å². The zero-order valence-electron chi connectivity index (χ0n) is 11.2. The third kappa shape index (κ3) is 2.21. The number of benzene rings is 2. The van der Waals surface area contributed by atoms with Gasteiger partial charge in [-0.25, -0.2) is 0 Å². The highest BCUT2D eigenvalue weighted by Crippen LogP contribution is 2.20. The van der Waals surface area contributed by atoms with Crippen molar-refractivity contribution in [1.82, 2.24) is 9.78 Å². The molecule has 0 aliphatic rings. The molecule has 0 saturated heterocycles. The van der Waals surface area contributed by atoms with Crippen LogP contribution in [0.15, 0.2) is 54.9 Å². The van der Waals surface area contributed by atoms with Gasteiger partial charge in [0.2, 0.25) is 0 Å². The van der Waals surface area contributed by atoms with Crippen molar-refractivity contribution in [3.63, 3.8) is 0 Å². The van der Waals surface area contributed by atoms with Crippen molar-refractivity contribution in [1.29, 1.82) is 0 Å². The third-order valence-corrected chi connectivity index (χ3v) is 3.40. The Balaban J connectivity index is 1.95. The number of aryl methyl sites for hydroxylation is 1. The number of fused-ring (bicyclic) bond motifs is 1. The first-order chi connectivity index (χ1) is 9.65. The van der Waals surface area contributed by atoms with Crippen molar-refractivity contribution in [3.05, 3.63) is 66.0 Å². The summed E-state index contributed by atoms with van der Waals surface area (Å²) in [5.74, 6) is -0.0937. The van der Waals surface area contributed by atoms with Crippen LogP contribution in [0.2, 0.25) is 0 Å². The molecule has 1 unspecified atom stereocenters. The van der Waals surface area contributed by atoms with E-state index in [4.69, 9.17) is 5.73 Å². The van der Waals surface area contributed by atoms with E-state index >= 15 is 0 Å². The monoisotopic (exact) mass is 265 g/mol. The van der Waals surface area contributed by atoms with Crippen molar-refractivity contribution in [2.24, 2.45) is 12.8 Å². The summed E-state index contributed by atoms with van der Waals surface area (Å²) < 4.78 is 1.64. The van der Waals surface area contributed by atoms with E-state index < -0.39 is 6.04 Å². The number of nitrogens with two attached hydrogens (primary N) is 1. The molecule has 100 valence electrons. The lowest BCUT2D eigenvalue weighted by Crippen LogP contribution is -2.21. The third-order valence-electron chi connectivity index (χ3n) is 3.40. The molecule has 0 bridgehead atoms. The molecule has 1 aromatic heterocycles. The molecule has 4 nitrogen and oxygen atoms in total. The first kappa shape index (κ1) is 12.6. The van der Waals surface area contributed by atoms with Crippen molar-refractivity contribution in [2.75, 3.05) is 0 Å². The second kappa shape index (κ2) is 4.90. The highest BCUT2D eigenvalue weighted by molar-refractivity contribution is 6.03. The van der Waals surface area contributed by atoms with Crippen LogP contribution in [0.25, 0.3) is 10.8 Å². The van der Waals surface area contributed by atoms with E-state index in [9.17, 15) is 4.79 Å². The van der Waals surface area contributed by atoms with Crippen LogP contribution in [0.4, 0.5) is 0 Å². The second-order valence-electron chi connectivity index (χ2n) is 4.85. The number of hydrogen-bond donors (Lipinski definition) is 1. The van der Waals surface area contributed by atoms with Gasteiger partial charge in [0.1, 0.15) is 0 Å². The molecule has 2 N–H and O–H groups in total. The summed E-state index contributed by atoms with van der Waals surface area (Å²) in [6.45, 7) is 0. The predicted molar refractivity (Wildman–Crippen MR) is 78.4 cm³/mol. The summed E-state index contributed by atoms with van der Waals surface area (Å²) in [5, 5.41) is 6.20. The first-order valence-corrected chi connectivity index (χ1v) is 6.42. The topological polar surface area (TPSA) is 60.9 Å². The van der Waals surface area contributed by atoms with E-state index in [-0.39, 0.29) is 5.78 Å². The lowest BCUT2D eigenvalue weighted by atomic mass is 9.98. The molecule has 3 rings (SSSR count). The average Bonchev–Trinajstić information content (AvgIpc) is 2.92. The lowest BCUT2D eigenvalue weighted by molar-refractivity contribution is 0.0961. The van der Waals surface area contributed by atoms with Gasteiger partial charge in [-0.3, -0.25) is 9.48 Å². The van der Waals surface area contributed by atoms with E-state index in [0.717, 1.165) is 16.3 Å². The Kier molecular flexibility index (Phi) is 3.08. The standard InChI is InChI=1S/C16H15N3O/c1-19-10-14(9-18-19)15(17)16(20)13-7-6-11-4-2-3-5-12(11)8-13/h2-10,15H,17H2,1H3. The van der Waals surface area contributed by atoms with Gasteiger partial charge in [-0.05, 0) is 16.8 Å². The summed E-state index contributed by atoms with van der Waals surface area (Å²) in [4.78, 5) is 12.4. The van der Waals surface area contributed by atoms with Gasteiger partial charge < -0.3 is 5.73 Å². The summed E-state index contributed by atoms with van der Waals surface area (Å²) in [6, 6.07) is 12.9. The SMILES string of the molecule is Cn1cc(C(N)C(=O)c2ccc3ccccc3c2)cn1. The molecule has 1 atom stereocenters. The highest BCUT2D eigenvalue weighted by atomic mass is 16.1. The maximum atomic E-state index is 12.4. The van der Waals surface area contributed by atoms with E-state index in [1.54, 1.807) is 24.1 Å². The van der Waals surface area contributed by atoms with E-state index in [0.29, 0.717) is 5.56 Å². The minimum absolute atomic E-state index is 0.0937. The fourth-order valence-electron chi connectivity index (χ4n) is 2.27. The van der Waals surface area contributed by atoms with Gasteiger partial charge >= 0.3 is 0 Å². The molecular formula is C16H15N3O. The summed E-state index contributed by atoms with van der Waals surface area (Å²) in [6.07, 6.45) is 3.40. The number of rotatable bonds is 3. The Labute approximate surface area is 116 Å². The van der Waals surface area contributed by atoms with Crippen LogP contribution in [0.3, 0.4) is 0 Å². The molecule has 2 aromatic carbocycles. The summed E-state index contributed by atoms with van der Waals surface area (Å²) >= 11 is 0. The quantitative estimate of drug-likeness (QED) is 0.740. The van der Waals surface area contributed by atoms with Crippen LogP contribution in [-0.2, 0) is 7.05 Å². The zero-order valence-corrected chi connectivity index (χ0v) is 11.2. The van der Waals surface area contributed by atoms with Gasteiger partial charge in [0, 0.05) is 24.4 Å². The Morgan fingerprint density at radius 3 is 2.65 bits per heavy atom.